The van der Waals surface area contributed by atoms with Crippen LogP contribution < -0.4 is 18.9 Å². The molecule has 0 fully saturated rings. The van der Waals surface area contributed by atoms with Crippen LogP contribution >= 0.6 is 0 Å². The Morgan fingerprint density at radius 3 is 2.14 bits per heavy atom. The third-order valence-corrected chi connectivity index (χ3v) is 12.1. The number of aliphatic hydroxyl groups is 1. The van der Waals surface area contributed by atoms with Crippen LogP contribution in [0.1, 0.15) is 50.4 Å². The van der Waals surface area contributed by atoms with Gasteiger partial charge in [-0.25, -0.2) is 16.8 Å². The molecule has 0 saturated heterocycles. The van der Waals surface area contributed by atoms with Gasteiger partial charge in [0.1, 0.15) is 17.2 Å². The van der Waals surface area contributed by atoms with E-state index in [1.54, 1.807) is 25.1 Å². The van der Waals surface area contributed by atoms with Crippen LogP contribution in [0.3, 0.4) is 0 Å². The van der Waals surface area contributed by atoms with E-state index in [1.807, 2.05) is 13.8 Å². The summed E-state index contributed by atoms with van der Waals surface area (Å²) in [5.41, 5.74) is 0.254. The molecule has 51 heavy (non-hydrogen) atoms. The number of fused-ring (bicyclic) bond motifs is 1. The van der Waals surface area contributed by atoms with Crippen molar-refractivity contribution in [3.05, 3.63) is 72.3 Å². The number of carbonyl (C=O) groups excluding carboxylic acids is 1. The largest absolute Gasteiger partial charge is 0.497 e. The van der Waals surface area contributed by atoms with Crippen molar-refractivity contribution in [2.24, 2.45) is 5.92 Å². The number of nitrogens with one attached hydrogen (secondary N) is 1. The van der Waals surface area contributed by atoms with Gasteiger partial charge in [-0.2, -0.15) is 4.31 Å². The summed E-state index contributed by atoms with van der Waals surface area (Å²) in [4.78, 5) is 16.0. The van der Waals surface area contributed by atoms with E-state index in [4.69, 9.17) is 18.9 Å². The van der Waals surface area contributed by atoms with Gasteiger partial charge >= 0.3 is 0 Å². The molecule has 3 aromatic rings. The fourth-order valence-corrected chi connectivity index (χ4v) is 7.93. The van der Waals surface area contributed by atoms with Crippen molar-refractivity contribution >= 4 is 31.6 Å². The second-order valence-electron chi connectivity index (χ2n) is 12.8. The molecule has 13 nitrogen and oxygen atoms in total. The minimum Gasteiger partial charge on any atom is -0.497 e. The first-order valence-corrected chi connectivity index (χ1v) is 19.7. The summed E-state index contributed by atoms with van der Waals surface area (Å²) in [5, 5.41) is 10.3. The number of benzene rings is 3. The van der Waals surface area contributed by atoms with Crippen LogP contribution in [0.5, 0.6) is 17.2 Å². The topological polar surface area (TPSA) is 161 Å². The zero-order chi connectivity index (χ0) is 37.3. The lowest BCUT2D eigenvalue weighted by atomic mass is 10.0. The van der Waals surface area contributed by atoms with Crippen LogP contribution in [0.25, 0.3) is 0 Å². The van der Waals surface area contributed by atoms with Crippen molar-refractivity contribution in [2.75, 3.05) is 52.3 Å². The Bertz CT molecular complexity index is 1820. The smallest absolute Gasteiger partial charge is 0.261 e. The third kappa shape index (κ3) is 10.1. The van der Waals surface area contributed by atoms with Gasteiger partial charge in [0.05, 0.1) is 54.4 Å². The van der Waals surface area contributed by atoms with Gasteiger partial charge in [-0.1, -0.05) is 6.92 Å². The number of amides is 1. The minimum absolute atomic E-state index is 0.00829. The number of anilines is 1. The van der Waals surface area contributed by atoms with Gasteiger partial charge in [0.2, 0.25) is 10.0 Å². The predicted molar refractivity (Wildman–Crippen MR) is 193 cm³/mol. The monoisotopic (exact) mass is 747 g/mol. The van der Waals surface area contributed by atoms with Gasteiger partial charge in [-0.3, -0.25) is 9.52 Å². The molecule has 15 heteroatoms. The van der Waals surface area contributed by atoms with E-state index in [-0.39, 0.29) is 58.5 Å². The first-order chi connectivity index (χ1) is 24.2. The van der Waals surface area contributed by atoms with Crippen LogP contribution in [0.15, 0.2) is 76.5 Å². The van der Waals surface area contributed by atoms with Crippen molar-refractivity contribution in [1.82, 2.24) is 9.21 Å². The quantitative estimate of drug-likeness (QED) is 0.283. The van der Waals surface area contributed by atoms with Gasteiger partial charge in [0.25, 0.3) is 15.9 Å². The maximum absolute atomic E-state index is 14.4. The molecule has 280 valence electrons. The van der Waals surface area contributed by atoms with Crippen LogP contribution in [-0.4, -0.2) is 103 Å². The van der Waals surface area contributed by atoms with Crippen molar-refractivity contribution in [2.45, 2.75) is 68.1 Å². The van der Waals surface area contributed by atoms with Gasteiger partial charge in [-0.15, -0.1) is 0 Å². The molecule has 1 aliphatic rings. The number of sulfonamides is 2. The van der Waals surface area contributed by atoms with E-state index >= 15 is 0 Å². The normalized spacial score (nSPS) is 20.1. The maximum Gasteiger partial charge on any atom is 0.261 e. The molecule has 4 rings (SSSR count). The summed E-state index contributed by atoms with van der Waals surface area (Å²) in [6.07, 6.45) is 1.19. The van der Waals surface area contributed by atoms with Crippen LogP contribution in [0.2, 0.25) is 0 Å². The van der Waals surface area contributed by atoms with Gasteiger partial charge in [0, 0.05) is 38.3 Å². The van der Waals surface area contributed by atoms with Crippen molar-refractivity contribution in [3.63, 3.8) is 0 Å². The summed E-state index contributed by atoms with van der Waals surface area (Å²) in [7, 11) is -3.43. The van der Waals surface area contributed by atoms with E-state index in [9.17, 15) is 26.7 Å². The molecule has 0 bridgehead atoms. The van der Waals surface area contributed by atoms with Crippen LogP contribution in [0, 0.1) is 5.92 Å². The highest BCUT2D eigenvalue weighted by atomic mass is 32.2. The molecular weight excluding hydrogens is 699 g/mol. The highest BCUT2D eigenvalue weighted by Gasteiger charge is 2.32. The molecule has 1 aliphatic heterocycles. The summed E-state index contributed by atoms with van der Waals surface area (Å²) < 4.78 is 80.3. The summed E-state index contributed by atoms with van der Waals surface area (Å²) in [6.45, 7) is 5.58. The number of ether oxygens (including phenoxy) is 4. The predicted octanol–water partition coefficient (Wildman–Crippen LogP) is 4.62. The molecule has 3 aromatic carbocycles. The first kappa shape index (κ1) is 39.9. The molecule has 0 radical (unpaired) electrons. The molecule has 4 atom stereocenters. The Morgan fingerprint density at radius 1 is 0.941 bits per heavy atom. The second-order valence-corrected chi connectivity index (χ2v) is 16.5. The van der Waals surface area contributed by atoms with E-state index in [0.29, 0.717) is 30.9 Å². The zero-order valence-corrected chi connectivity index (χ0v) is 31.6. The average molecular weight is 748 g/mol. The number of rotatable bonds is 11. The maximum atomic E-state index is 14.4. The molecule has 1 heterocycles. The number of hydrogen-bond acceptors (Lipinski definition) is 10. The lowest BCUT2D eigenvalue weighted by Crippen LogP contribution is -2.48. The first-order valence-electron chi connectivity index (χ1n) is 16.8. The van der Waals surface area contributed by atoms with Crippen molar-refractivity contribution < 1.29 is 45.7 Å². The Labute approximate surface area is 301 Å². The number of likely N-dealkylation sites (N-methyl/N-ethyl adjacent to an activating group) is 1. The van der Waals surface area contributed by atoms with Crippen molar-refractivity contribution in [1.29, 1.82) is 0 Å². The molecule has 0 spiro atoms. The second kappa shape index (κ2) is 17.6. The fourth-order valence-electron chi connectivity index (χ4n) is 5.70. The van der Waals surface area contributed by atoms with Gasteiger partial charge in [-0.05, 0) is 99.8 Å². The molecule has 1 amide bonds. The van der Waals surface area contributed by atoms with Crippen molar-refractivity contribution in [3.8, 4) is 17.2 Å². The zero-order valence-electron chi connectivity index (χ0n) is 29.9. The van der Waals surface area contributed by atoms with E-state index in [0.717, 1.165) is 6.42 Å². The highest BCUT2D eigenvalue weighted by Crippen LogP contribution is 2.30. The van der Waals surface area contributed by atoms with Crippen LogP contribution in [0.4, 0.5) is 5.69 Å². The van der Waals surface area contributed by atoms with E-state index in [2.05, 4.69) is 4.72 Å². The molecular formula is C36H49N3O10S2. The van der Waals surface area contributed by atoms with E-state index < -0.39 is 38.1 Å². The minimum atomic E-state index is -4.03. The summed E-state index contributed by atoms with van der Waals surface area (Å²) in [5.74, 6) is 0.427. The number of methoxy groups -OCH3 is 2. The Balaban J connectivity index is 1.66. The average Bonchev–Trinajstić information content (AvgIpc) is 3.12. The Kier molecular flexibility index (Phi) is 13.7. The lowest BCUT2D eigenvalue weighted by Gasteiger charge is -2.35. The number of nitrogens with zero attached hydrogens (tertiary/aromatic N) is 2. The lowest BCUT2D eigenvalue weighted by molar-refractivity contribution is -0.00833. The fraction of sp³-hybridized carbons (Fsp3) is 0.472. The summed E-state index contributed by atoms with van der Waals surface area (Å²) >= 11 is 0. The Hall–Kier alpha value is -3.89. The number of carbonyl (C=O) groups is 1. The molecule has 2 N–H and O–H groups in total. The number of aliphatic hydroxyl groups excluding tert-OH is 1. The van der Waals surface area contributed by atoms with Gasteiger partial charge in [0.15, 0.2) is 0 Å². The highest BCUT2D eigenvalue weighted by molar-refractivity contribution is 7.92. The number of hydrogen-bond donors (Lipinski definition) is 2. The van der Waals surface area contributed by atoms with Gasteiger partial charge < -0.3 is 29.0 Å². The molecule has 0 aliphatic carbocycles. The third-order valence-electron chi connectivity index (χ3n) is 8.88. The van der Waals surface area contributed by atoms with E-state index in [1.165, 1.54) is 79.0 Å². The SMILES string of the molecule is COc1ccc(S(=O)(=O)Nc2ccc3c(c2)C(=O)N([C@H](C)CO)C[C@@H](C)[C@H](CN(C)S(=O)(=O)c2ccc(OC)cc2)OCCCC[C@@H](C)O3)cc1. The molecule has 0 saturated carbocycles. The van der Waals surface area contributed by atoms with Crippen LogP contribution in [-0.2, 0) is 24.8 Å². The Morgan fingerprint density at radius 2 is 1.55 bits per heavy atom. The molecule has 0 unspecified atom stereocenters. The summed E-state index contributed by atoms with van der Waals surface area (Å²) in [6, 6.07) is 15.9. The standard InChI is InChI=1S/C36H49N3O10S2/c1-25-22-39(26(2)24-40)36(41)33-21-28(37-50(42,43)31-15-11-29(46-5)12-16-31)10-19-34(33)49-27(3)9-7-8-20-48-35(25)23-38(4)51(44,45)32-17-13-30(47-6)14-18-32/h10-19,21,25-27,35,37,40H,7-9,20,22-24H2,1-6H3/t25-,26-,27-,35+/m1/s1. The molecule has 0 aromatic heterocycles.